The van der Waals surface area contributed by atoms with E-state index in [1.165, 1.54) is 12.1 Å². The molecule has 0 spiro atoms. The second kappa shape index (κ2) is 3.53. The highest BCUT2D eigenvalue weighted by molar-refractivity contribution is 6.12. The molecule has 1 aromatic rings. The second-order valence-corrected chi connectivity index (χ2v) is 2.52. The summed E-state index contributed by atoms with van der Waals surface area (Å²) in [5.74, 6) is 0. The molecule has 1 aromatic carbocycles. The van der Waals surface area contributed by atoms with Gasteiger partial charge >= 0.3 is 0 Å². The number of hydrogen-bond acceptors (Lipinski definition) is 5. The smallest absolute Gasteiger partial charge is 0.270 e. The molecule has 14 heavy (non-hydrogen) atoms. The third-order valence-corrected chi connectivity index (χ3v) is 1.63. The van der Waals surface area contributed by atoms with E-state index in [-0.39, 0.29) is 22.6 Å². The molecular weight excluding hydrogens is 184 g/mol. The van der Waals surface area contributed by atoms with Crippen molar-refractivity contribution in [2.75, 3.05) is 5.73 Å². The van der Waals surface area contributed by atoms with Crippen LogP contribution in [0, 0.1) is 26.9 Å². The van der Waals surface area contributed by atoms with Gasteiger partial charge in [-0.2, -0.15) is 5.26 Å². The Labute approximate surface area is 79.2 Å². The Balaban J connectivity index is 3.30. The number of non-ortho nitro benzene ring substituents is 1. The van der Waals surface area contributed by atoms with Crippen molar-refractivity contribution in [3.05, 3.63) is 33.9 Å². The number of nitrogens with two attached hydrogens (primary N) is 1. The van der Waals surface area contributed by atoms with E-state index in [0.29, 0.717) is 0 Å². The second-order valence-electron chi connectivity index (χ2n) is 2.52. The van der Waals surface area contributed by atoms with E-state index < -0.39 is 4.92 Å². The number of nitrogen functional groups attached to an aromatic ring is 1. The molecule has 0 aliphatic heterocycles. The molecule has 0 unspecified atom stereocenters. The lowest BCUT2D eigenvalue weighted by Crippen LogP contribution is -2.02. The zero-order valence-electron chi connectivity index (χ0n) is 7.02. The van der Waals surface area contributed by atoms with Gasteiger partial charge in [0.05, 0.1) is 4.92 Å². The first-order valence-electron chi connectivity index (χ1n) is 3.59. The van der Waals surface area contributed by atoms with Crippen LogP contribution in [0.15, 0.2) is 18.2 Å². The molecule has 0 heterocycles. The largest absolute Gasteiger partial charge is 0.398 e. The summed E-state index contributed by atoms with van der Waals surface area (Å²) in [4.78, 5) is 9.78. The topological polar surface area (TPSA) is 117 Å². The van der Waals surface area contributed by atoms with Crippen LogP contribution in [0.5, 0.6) is 0 Å². The van der Waals surface area contributed by atoms with Crippen LogP contribution in [-0.2, 0) is 0 Å². The van der Waals surface area contributed by atoms with Crippen LogP contribution in [0.2, 0.25) is 0 Å². The molecule has 0 fully saturated rings. The van der Waals surface area contributed by atoms with Crippen LogP contribution in [0.4, 0.5) is 11.4 Å². The number of benzene rings is 1. The Morgan fingerprint density at radius 2 is 2.29 bits per heavy atom. The van der Waals surface area contributed by atoms with Crippen LogP contribution in [-0.4, -0.2) is 10.6 Å². The van der Waals surface area contributed by atoms with E-state index >= 15 is 0 Å². The molecule has 0 saturated heterocycles. The van der Waals surface area contributed by atoms with Crippen molar-refractivity contribution in [3.8, 4) is 6.07 Å². The van der Waals surface area contributed by atoms with E-state index in [4.69, 9.17) is 16.4 Å². The molecule has 0 bridgehead atoms. The number of nitro benzene ring substituents is 1. The normalized spacial score (nSPS) is 9.07. The van der Waals surface area contributed by atoms with Gasteiger partial charge in [-0.05, 0) is 6.07 Å². The third-order valence-electron chi connectivity index (χ3n) is 1.63. The molecule has 0 saturated carbocycles. The summed E-state index contributed by atoms with van der Waals surface area (Å²) in [6, 6.07) is 5.21. The Hall–Kier alpha value is -2.42. The summed E-state index contributed by atoms with van der Waals surface area (Å²) in [6.45, 7) is 0. The molecule has 3 N–H and O–H groups in total. The first kappa shape index (κ1) is 9.67. The van der Waals surface area contributed by atoms with Crippen molar-refractivity contribution in [1.29, 1.82) is 10.7 Å². The Bertz CT molecular complexity index is 447. The predicted octanol–water partition coefficient (Wildman–Crippen LogP) is 1.07. The fraction of sp³-hybridized carbons (Fsp3) is 0. The van der Waals surface area contributed by atoms with E-state index in [9.17, 15) is 10.1 Å². The summed E-state index contributed by atoms with van der Waals surface area (Å²) in [6.07, 6.45) is 0. The fourth-order valence-corrected chi connectivity index (χ4v) is 0.935. The number of anilines is 1. The van der Waals surface area contributed by atoms with Crippen LogP contribution >= 0.6 is 0 Å². The molecule has 0 aliphatic carbocycles. The van der Waals surface area contributed by atoms with E-state index in [2.05, 4.69) is 0 Å². The van der Waals surface area contributed by atoms with Gasteiger partial charge in [0.25, 0.3) is 5.69 Å². The molecular formula is C8H6N4O2. The molecule has 0 amide bonds. The highest BCUT2D eigenvalue weighted by Gasteiger charge is 2.11. The Morgan fingerprint density at radius 3 is 2.79 bits per heavy atom. The van der Waals surface area contributed by atoms with Gasteiger partial charge in [-0.15, -0.1) is 0 Å². The standard InChI is InChI=1S/C8H6N4O2/c9-4-8(11)6-3-5(12(13)14)1-2-7(6)10/h1-3,11H,10H2. The lowest BCUT2D eigenvalue weighted by atomic mass is 10.1. The molecule has 70 valence electrons. The van der Waals surface area contributed by atoms with Crippen LogP contribution in [0.25, 0.3) is 0 Å². The first-order chi connectivity index (χ1) is 6.56. The van der Waals surface area contributed by atoms with Crippen LogP contribution in [0.1, 0.15) is 5.56 Å². The zero-order valence-corrected chi connectivity index (χ0v) is 7.02. The monoisotopic (exact) mass is 190 g/mol. The summed E-state index contributed by atoms with van der Waals surface area (Å²) in [5, 5.41) is 26.0. The van der Waals surface area contributed by atoms with Gasteiger partial charge in [-0.1, -0.05) is 0 Å². The molecule has 6 nitrogen and oxygen atoms in total. The average Bonchev–Trinajstić information content (AvgIpc) is 2.17. The number of hydrogen-bond donors (Lipinski definition) is 2. The SMILES string of the molecule is N#CC(=N)c1cc([N+](=O)[O-])ccc1N. The number of nitrogens with zero attached hydrogens (tertiary/aromatic N) is 2. The van der Waals surface area contributed by atoms with E-state index in [0.717, 1.165) is 6.07 Å². The molecule has 1 rings (SSSR count). The predicted molar refractivity (Wildman–Crippen MR) is 50.0 cm³/mol. The zero-order chi connectivity index (χ0) is 10.7. The minimum atomic E-state index is -0.604. The number of rotatable bonds is 2. The maximum absolute atomic E-state index is 10.4. The lowest BCUT2D eigenvalue weighted by Gasteiger charge is -2.00. The van der Waals surface area contributed by atoms with Crippen molar-refractivity contribution in [2.24, 2.45) is 0 Å². The molecule has 0 aromatic heterocycles. The summed E-state index contributed by atoms with van der Waals surface area (Å²) in [7, 11) is 0. The quantitative estimate of drug-likeness (QED) is 0.314. The van der Waals surface area contributed by atoms with E-state index in [1.54, 1.807) is 6.07 Å². The maximum atomic E-state index is 10.4. The van der Waals surface area contributed by atoms with Gasteiger partial charge in [0.1, 0.15) is 11.8 Å². The minimum absolute atomic E-state index is 0.0849. The number of nitriles is 1. The van der Waals surface area contributed by atoms with Gasteiger partial charge in [0.15, 0.2) is 0 Å². The minimum Gasteiger partial charge on any atom is -0.398 e. The molecule has 6 heteroatoms. The first-order valence-corrected chi connectivity index (χ1v) is 3.59. The Morgan fingerprint density at radius 1 is 1.64 bits per heavy atom. The van der Waals surface area contributed by atoms with Crippen molar-refractivity contribution in [2.45, 2.75) is 0 Å². The van der Waals surface area contributed by atoms with Gasteiger partial charge in [0.2, 0.25) is 0 Å². The van der Waals surface area contributed by atoms with Gasteiger partial charge in [-0.3, -0.25) is 15.5 Å². The Kier molecular flexibility index (Phi) is 2.44. The summed E-state index contributed by atoms with van der Waals surface area (Å²) < 4.78 is 0. The highest BCUT2D eigenvalue weighted by Crippen LogP contribution is 2.19. The van der Waals surface area contributed by atoms with Gasteiger partial charge < -0.3 is 5.73 Å². The van der Waals surface area contributed by atoms with Crippen molar-refractivity contribution in [1.82, 2.24) is 0 Å². The summed E-state index contributed by atoms with van der Waals surface area (Å²) >= 11 is 0. The lowest BCUT2D eigenvalue weighted by molar-refractivity contribution is -0.384. The van der Waals surface area contributed by atoms with Gasteiger partial charge in [0, 0.05) is 23.4 Å². The van der Waals surface area contributed by atoms with Crippen LogP contribution < -0.4 is 5.73 Å². The number of nitrogens with one attached hydrogen (secondary N) is 1. The third kappa shape index (κ3) is 1.67. The average molecular weight is 190 g/mol. The van der Waals surface area contributed by atoms with Crippen LogP contribution in [0.3, 0.4) is 0 Å². The van der Waals surface area contributed by atoms with E-state index in [1.807, 2.05) is 0 Å². The van der Waals surface area contributed by atoms with Gasteiger partial charge in [-0.25, -0.2) is 0 Å². The van der Waals surface area contributed by atoms with Crippen molar-refractivity contribution in [3.63, 3.8) is 0 Å². The fourth-order valence-electron chi connectivity index (χ4n) is 0.935. The van der Waals surface area contributed by atoms with Crippen molar-refractivity contribution < 1.29 is 4.92 Å². The van der Waals surface area contributed by atoms with Crippen molar-refractivity contribution >= 4 is 17.1 Å². The number of nitro groups is 1. The molecule has 0 aliphatic rings. The maximum Gasteiger partial charge on any atom is 0.270 e. The molecule has 0 radical (unpaired) electrons. The highest BCUT2D eigenvalue weighted by atomic mass is 16.6. The molecule has 0 atom stereocenters. The summed E-state index contributed by atoms with van der Waals surface area (Å²) in [5.41, 5.74) is 5.15.